The van der Waals surface area contributed by atoms with E-state index in [0.717, 1.165) is 19.6 Å². The normalized spacial score (nSPS) is 24.6. The highest BCUT2D eigenvalue weighted by atomic mass is 16.5. The summed E-state index contributed by atoms with van der Waals surface area (Å²) in [6.45, 7) is 9.37. The van der Waals surface area contributed by atoms with Gasteiger partial charge in [-0.25, -0.2) is 0 Å². The van der Waals surface area contributed by atoms with E-state index in [9.17, 15) is 0 Å². The molecule has 22 heavy (non-hydrogen) atoms. The van der Waals surface area contributed by atoms with Gasteiger partial charge in [-0.2, -0.15) is 0 Å². The second-order valence-electron chi connectivity index (χ2n) is 6.46. The molecular formula is C18H29N3O. The van der Waals surface area contributed by atoms with Gasteiger partial charge in [0.1, 0.15) is 0 Å². The number of benzene rings is 1. The summed E-state index contributed by atoms with van der Waals surface area (Å²) in [6.07, 6.45) is 2.95. The van der Waals surface area contributed by atoms with E-state index in [1.807, 2.05) is 7.11 Å². The van der Waals surface area contributed by atoms with Crippen LogP contribution in [0.4, 0.5) is 5.69 Å². The Morgan fingerprint density at radius 2 is 1.68 bits per heavy atom. The number of piperazine rings is 1. The molecule has 4 heteroatoms. The maximum absolute atomic E-state index is 5.51. The molecular weight excluding hydrogens is 274 g/mol. The molecule has 0 spiro atoms. The van der Waals surface area contributed by atoms with Crippen molar-refractivity contribution < 1.29 is 4.74 Å². The Kier molecular flexibility index (Phi) is 5.70. The summed E-state index contributed by atoms with van der Waals surface area (Å²) < 4.78 is 5.51. The minimum atomic E-state index is 0.448. The Bertz CT molecular complexity index is 431. The topological polar surface area (TPSA) is 19.0 Å². The average Bonchev–Trinajstić information content (AvgIpc) is 2.61. The number of hydrogen-bond acceptors (Lipinski definition) is 4. The average molecular weight is 303 g/mol. The van der Waals surface area contributed by atoms with Crippen molar-refractivity contribution >= 4 is 5.69 Å². The maximum Gasteiger partial charge on any atom is 0.0698 e. The monoisotopic (exact) mass is 303 g/mol. The molecule has 2 fully saturated rings. The Morgan fingerprint density at radius 3 is 2.41 bits per heavy atom. The quantitative estimate of drug-likeness (QED) is 0.827. The van der Waals surface area contributed by atoms with Crippen LogP contribution in [0.15, 0.2) is 30.3 Å². The highest BCUT2D eigenvalue weighted by Gasteiger charge is 2.21. The second kappa shape index (κ2) is 7.95. The Hall–Kier alpha value is -1.10. The third-order valence-corrected chi connectivity index (χ3v) is 5.02. The van der Waals surface area contributed by atoms with Crippen molar-refractivity contribution in [2.45, 2.75) is 18.9 Å². The zero-order valence-corrected chi connectivity index (χ0v) is 13.8. The summed E-state index contributed by atoms with van der Waals surface area (Å²) in [7, 11) is 1.84. The van der Waals surface area contributed by atoms with Crippen LogP contribution in [0.2, 0.25) is 0 Å². The summed E-state index contributed by atoms with van der Waals surface area (Å²) in [5.41, 5.74) is 1.36. The molecule has 0 aromatic heterocycles. The first kappa shape index (κ1) is 15.8. The maximum atomic E-state index is 5.51. The first-order valence-electron chi connectivity index (χ1n) is 8.62. The highest BCUT2D eigenvalue weighted by Crippen LogP contribution is 2.16. The van der Waals surface area contributed by atoms with Gasteiger partial charge in [0.2, 0.25) is 0 Å². The first-order chi connectivity index (χ1) is 10.8. The van der Waals surface area contributed by atoms with Gasteiger partial charge in [0.25, 0.3) is 0 Å². The third kappa shape index (κ3) is 4.22. The van der Waals surface area contributed by atoms with Crippen LogP contribution in [-0.2, 0) is 4.74 Å². The molecule has 1 atom stereocenters. The Balaban J connectivity index is 1.39. The first-order valence-corrected chi connectivity index (χ1v) is 8.62. The Morgan fingerprint density at radius 1 is 0.955 bits per heavy atom. The number of likely N-dealkylation sites (tertiary alicyclic amines) is 1. The van der Waals surface area contributed by atoms with E-state index in [4.69, 9.17) is 4.74 Å². The fourth-order valence-corrected chi connectivity index (χ4v) is 3.56. The summed E-state index contributed by atoms with van der Waals surface area (Å²) in [4.78, 5) is 7.68. The number of piperidine rings is 1. The van der Waals surface area contributed by atoms with Crippen LogP contribution in [0.25, 0.3) is 0 Å². The van der Waals surface area contributed by atoms with Gasteiger partial charge >= 0.3 is 0 Å². The zero-order valence-electron chi connectivity index (χ0n) is 13.8. The van der Waals surface area contributed by atoms with E-state index in [2.05, 4.69) is 45.0 Å². The molecule has 0 bridgehead atoms. The fraction of sp³-hybridized carbons (Fsp3) is 0.667. The van der Waals surface area contributed by atoms with Crippen molar-refractivity contribution in [3.63, 3.8) is 0 Å². The van der Waals surface area contributed by atoms with Crippen LogP contribution >= 0.6 is 0 Å². The van der Waals surface area contributed by atoms with E-state index < -0.39 is 0 Å². The summed E-state index contributed by atoms with van der Waals surface area (Å²) >= 11 is 0. The van der Waals surface area contributed by atoms with Crippen molar-refractivity contribution in [1.82, 2.24) is 9.80 Å². The van der Waals surface area contributed by atoms with Crippen LogP contribution in [-0.4, -0.2) is 75.4 Å². The predicted octanol–water partition coefficient (Wildman–Crippen LogP) is 1.92. The van der Waals surface area contributed by atoms with Gasteiger partial charge in [-0.1, -0.05) is 18.2 Å². The number of nitrogens with zero attached hydrogens (tertiary/aromatic N) is 3. The third-order valence-electron chi connectivity index (χ3n) is 5.02. The van der Waals surface area contributed by atoms with Crippen molar-refractivity contribution in [3.8, 4) is 0 Å². The lowest BCUT2D eigenvalue weighted by atomic mass is 10.1. The lowest BCUT2D eigenvalue weighted by Gasteiger charge is -2.38. The molecule has 2 aliphatic heterocycles. The zero-order chi connectivity index (χ0) is 15.2. The number of anilines is 1. The molecule has 0 radical (unpaired) electrons. The lowest BCUT2D eigenvalue weighted by molar-refractivity contribution is 0.0278. The summed E-state index contributed by atoms with van der Waals surface area (Å²) in [6, 6.07) is 10.8. The molecule has 2 heterocycles. The molecule has 2 aliphatic rings. The minimum Gasteiger partial charge on any atom is -0.380 e. The SMILES string of the molecule is COC1CCCN(CCN2CCN(c3ccccc3)CC2)C1. The van der Waals surface area contributed by atoms with E-state index in [0.29, 0.717) is 6.10 Å². The van der Waals surface area contributed by atoms with Gasteiger partial charge in [-0.3, -0.25) is 9.80 Å². The Labute approximate surface area is 134 Å². The van der Waals surface area contributed by atoms with E-state index in [1.165, 1.54) is 51.3 Å². The summed E-state index contributed by atoms with van der Waals surface area (Å²) in [5.74, 6) is 0. The molecule has 0 amide bonds. The van der Waals surface area contributed by atoms with Crippen molar-refractivity contribution in [2.24, 2.45) is 0 Å². The molecule has 0 aliphatic carbocycles. The van der Waals surface area contributed by atoms with E-state index in [1.54, 1.807) is 0 Å². The lowest BCUT2D eigenvalue weighted by Crippen LogP contribution is -2.49. The van der Waals surface area contributed by atoms with Gasteiger partial charge in [0.05, 0.1) is 6.10 Å². The standard InChI is InChI=1S/C18H29N3O/c1-22-18-8-5-9-20(16-18)11-10-19-12-14-21(15-13-19)17-6-3-2-4-7-17/h2-4,6-7,18H,5,8-16H2,1H3. The van der Waals surface area contributed by atoms with Crippen molar-refractivity contribution in [2.75, 3.05) is 64.4 Å². The van der Waals surface area contributed by atoms with E-state index >= 15 is 0 Å². The van der Waals surface area contributed by atoms with Crippen LogP contribution in [0.3, 0.4) is 0 Å². The molecule has 4 nitrogen and oxygen atoms in total. The smallest absolute Gasteiger partial charge is 0.0698 e. The predicted molar refractivity (Wildman–Crippen MR) is 91.6 cm³/mol. The van der Waals surface area contributed by atoms with Crippen LogP contribution in [0, 0.1) is 0 Å². The van der Waals surface area contributed by atoms with Crippen LogP contribution in [0.1, 0.15) is 12.8 Å². The number of ether oxygens (including phenoxy) is 1. The number of methoxy groups -OCH3 is 1. The molecule has 2 saturated heterocycles. The van der Waals surface area contributed by atoms with Gasteiger partial charge in [-0.05, 0) is 31.5 Å². The van der Waals surface area contributed by atoms with Crippen molar-refractivity contribution in [1.29, 1.82) is 0 Å². The second-order valence-corrected chi connectivity index (χ2v) is 6.46. The molecule has 122 valence electrons. The largest absolute Gasteiger partial charge is 0.380 e. The van der Waals surface area contributed by atoms with Crippen molar-refractivity contribution in [3.05, 3.63) is 30.3 Å². The number of hydrogen-bond donors (Lipinski definition) is 0. The molecule has 1 aromatic rings. The molecule has 3 rings (SSSR count). The van der Waals surface area contributed by atoms with Crippen LogP contribution < -0.4 is 4.90 Å². The highest BCUT2D eigenvalue weighted by molar-refractivity contribution is 5.46. The van der Waals surface area contributed by atoms with Gasteiger partial charge < -0.3 is 9.64 Å². The molecule has 0 N–H and O–H groups in total. The van der Waals surface area contributed by atoms with Gasteiger partial charge in [-0.15, -0.1) is 0 Å². The molecule has 0 saturated carbocycles. The molecule has 1 aromatic carbocycles. The summed E-state index contributed by atoms with van der Waals surface area (Å²) in [5, 5.41) is 0. The molecule has 1 unspecified atom stereocenters. The van der Waals surface area contributed by atoms with Gasteiger partial charge in [0, 0.05) is 58.6 Å². The van der Waals surface area contributed by atoms with E-state index in [-0.39, 0.29) is 0 Å². The van der Waals surface area contributed by atoms with Crippen LogP contribution in [0.5, 0.6) is 0 Å². The van der Waals surface area contributed by atoms with Gasteiger partial charge in [0.15, 0.2) is 0 Å². The fourth-order valence-electron chi connectivity index (χ4n) is 3.56. The number of rotatable bonds is 5. The number of para-hydroxylation sites is 1. The minimum absolute atomic E-state index is 0.448.